The number of carbonyl (C=O) groups is 2. The monoisotopic (exact) mass is 467 g/mol. The van der Waals surface area contributed by atoms with Crippen molar-refractivity contribution in [3.05, 3.63) is 99.1 Å². The Balaban J connectivity index is 1.63. The summed E-state index contributed by atoms with van der Waals surface area (Å²) in [6.07, 6.45) is 0.251. The molecule has 0 spiro atoms. The van der Waals surface area contributed by atoms with Crippen LogP contribution in [-0.4, -0.2) is 29.1 Å². The van der Waals surface area contributed by atoms with Gasteiger partial charge < -0.3 is 9.47 Å². The highest BCUT2D eigenvalue weighted by atomic mass is 35.5. The third kappa shape index (κ3) is 6.37. The number of nitro groups is 1. The zero-order chi connectivity index (χ0) is 23.8. The van der Waals surface area contributed by atoms with E-state index in [1.807, 2.05) is 0 Å². The van der Waals surface area contributed by atoms with E-state index in [9.17, 15) is 19.7 Å². The first-order valence-corrected chi connectivity index (χ1v) is 10.0. The fourth-order valence-electron chi connectivity index (χ4n) is 2.63. The molecule has 1 unspecified atom stereocenters. The number of benzene rings is 3. The van der Waals surface area contributed by atoms with Crippen LogP contribution in [0, 0.1) is 10.1 Å². The molecule has 0 saturated heterocycles. The Morgan fingerprint density at radius 2 is 1.67 bits per heavy atom. The Morgan fingerprint density at radius 3 is 2.36 bits per heavy atom. The summed E-state index contributed by atoms with van der Waals surface area (Å²) in [6, 6.07) is 18.6. The van der Waals surface area contributed by atoms with Crippen molar-refractivity contribution in [2.24, 2.45) is 5.10 Å². The van der Waals surface area contributed by atoms with Gasteiger partial charge in [0.2, 0.25) is 0 Å². The topological polar surface area (TPSA) is 120 Å². The molecule has 0 bridgehead atoms. The number of halogens is 1. The molecule has 0 aliphatic carbocycles. The molecule has 168 valence electrons. The van der Waals surface area contributed by atoms with Crippen LogP contribution < -0.4 is 14.9 Å². The first-order chi connectivity index (χ1) is 15.8. The third-order valence-corrected chi connectivity index (χ3v) is 4.57. The molecule has 0 radical (unpaired) electrons. The van der Waals surface area contributed by atoms with Crippen molar-refractivity contribution in [1.29, 1.82) is 0 Å². The van der Waals surface area contributed by atoms with Gasteiger partial charge in [-0.05, 0) is 49.4 Å². The molecule has 0 aliphatic rings. The van der Waals surface area contributed by atoms with Crippen molar-refractivity contribution >= 4 is 35.4 Å². The minimum absolute atomic E-state index is 0.0337. The number of para-hydroxylation sites is 3. The fraction of sp³-hybridized carbons (Fsp3) is 0.0870. The maximum Gasteiger partial charge on any atom is 0.343 e. The van der Waals surface area contributed by atoms with Gasteiger partial charge in [0, 0.05) is 16.7 Å². The molecule has 0 aromatic heterocycles. The molecule has 33 heavy (non-hydrogen) atoms. The molecule has 3 aromatic carbocycles. The molecule has 3 rings (SSSR count). The SMILES string of the molecule is CC(Oc1ccccc1[N+](=O)[O-])C(=O)N/N=C/c1ccccc1OC(=O)c1ccc(Cl)cc1. The van der Waals surface area contributed by atoms with Gasteiger partial charge in [-0.15, -0.1) is 0 Å². The average molecular weight is 468 g/mol. The van der Waals surface area contributed by atoms with Crippen molar-refractivity contribution in [3.8, 4) is 11.5 Å². The standard InChI is InChI=1S/C23H18ClN3O6/c1-15(32-21-9-5-3-7-19(21)27(30)31)22(28)26-25-14-17-6-2-4-8-20(17)33-23(29)16-10-12-18(24)13-11-16/h2-15H,1H3,(H,26,28)/b25-14+. The maximum atomic E-state index is 12.4. The predicted octanol–water partition coefficient (Wildman–Crippen LogP) is 4.39. The molecule has 0 aliphatic heterocycles. The number of ether oxygens (including phenoxy) is 2. The van der Waals surface area contributed by atoms with E-state index >= 15 is 0 Å². The zero-order valence-corrected chi connectivity index (χ0v) is 18.1. The predicted molar refractivity (Wildman–Crippen MR) is 122 cm³/mol. The Labute approximate surface area is 193 Å². The van der Waals surface area contributed by atoms with Crippen LogP contribution in [0.2, 0.25) is 5.02 Å². The van der Waals surface area contributed by atoms with Crippen molar-refractivity contribution in [3.63, 3.8) is 0 Å². The Bertz CT molecular complexity index is 1200. The van der Waals surface area contributed by atoms with Crippen LogP contribution in [0.5, 0.6) is 11.5 Å². The quantitative estimate of drug-likeness (QED) is 0.172. The van der Waals surface area contributed by atoms with Gasteiger partial charge in [0.1, 0.15) is 5.75 Å². The molecule has 1 N–H and O–H groups in total. The van der Waals surface area contributed by atoms with Crippen LogP contribution in [0.25, 0.3) is 0 Å². The van der Waals surface area contributed by atoms with Crippen LogP contribution in [-0.2, 0) is 4.79 Å². The van der Waals surface area contributed by atoms with E-state index in [0.29, 0.717) is 16.1 Å². The number of esters is 1. The third-order valence-electron chi connectivity index (χ3n) is 4.31. The summed E-state index contributed by atoms with van der Waals surface area (Å²) in [4.78, 5) is 35.1. The summed E-state index contributed by atoms with van der Waals surface area (Å²) in [5, 5.41) is 15.4. The largest absolute Gasteiger partial charge is 0.474 e. The highest BCUT2D eigenvalue weighted by Gasteiger charge is 2.20. The smallest absolute Gasteiger partial charge is 0.343 e. The lowest BCUT2D eigenvalue weighted by atomic mass is 10.2. The second kappa shape index (κ2) is 10.9. The lowest BCUT2D eigenvalue weighted by Gasteiger charge is -2.12. The van der Waals surface area contributed by atoms with Crippen LogP contribution >= 0.6 is 11.6 Å². The van der Waals surface area contributed by atoms with Gasteiger partial charge in [-0.25, -0.2) is 10.2 Å². The second-order valence-electron chi connectivity index (χ2n) is 6.65. The van der Waals surface area contributed by atoms with Crippen molar-refractivity contribution < 1.29 is 24.0 Å². The molecule has 0 heterocycles. The first kappa shape index (κ1) is 23.4. The summed E-state index contributed by atoms with van der Waals surface area (Å²) in [5.74, 6) is -1.00. The van der Waals surface area contributed by atoms with Crippen molar-refractivity contribution in [2.45, 2.75) is 13.0 Å². The molecule has 9 nitrogen and oxygen atoms in total. The Hall–Kier alpha value is -4.24. The van der Waals surface area contributed by atoms with E-state index in [2.05, 4.69) is 10.5 Å². The van der Waals surface area contributed by atoms with Gasteiger partial charge in [-0.3, -0.25) is 14.9 Å². The molecule has 0 fully saturated rings. The summed E-state index contributed by atoms with van der Waals surface area (Å²) >= 11 is 5.83. The summed E-state index contributed by atoms with van der Waals surface area (Å²) < 4.78 is 10.8. The van der Waals surface area contributed by atoms with Crippen LogP contribution in [0.15, 0.2) is 77.9 Å². The zero-order valence-electron chi connectivity index (χ0n) is 17.3. The minimum atomic E-state index is -1.05. The van der Waals surface area contributed by atoms with Crippen LogP contribution in [0.1, 0.15) is 22.8 Å². The minimum Gasteiger partial charge on any atom is -0.474 e. The van der Waals surface area contributed by atoms with E-state index in [1.165, 1.54) is 31.3 Å². The number of nitrogens with one attached hydrogen (secondary N) is 1. The van der Waals surface area contributed by atoms with E-state index in [1.54, 1.807) is 54.6 Å². The second-order valence-corrected chi connectivity index (χ2v) is 7.09. The normalized spacial score (nSPS) is 11.6. The lowest BCUT2D eigenvalue weighted by molar-refractivity contribution is -0.386. The number of carbonyl (C=O) groups excluding carboxylic acids is 2. The number of rotatable bonds is 8. The first-order valence-electron chi connectivity index (χ1n) is 9.65. The van der Waals surface area contributed by atoms with Gasteiger partial charge in [0.05, 0.1) is 16.7 Å². The maximum absolute atomic E-state index is 12.4. The fourth-order valence-corrected chi connectivity index (χ4v) is 2.76. The molecule has 0 saturated carbocycles. The number of hydrogen-bond donors (Lipinski definition) is 1. The van der Waals surface area contributed by atoms with E-state index in [-0.39, 0.29) is 17.2 Å². The molecular formula is C23H18ClN3O6. The van der Waals surface area contributed by atoms with E-state index in [0.717, 1.165) is 0 Å². The van der Waals surface area contributed by atoms with Crippen molar-refractivity contribution in [1.82, 2.24) is 5.43 Å². The summed E-state index contributed by atoms with van der Waals surface area (Å²) in [5.41, 5.74) is 2.80. The number of hydrogen-bond acceptors (Lipinski definition) is 7. The van der Waals surface area contributed by atoms with Crippen LogP contribution in [0.4, 0.5) is 5.69 Å². The van der Waals surface area contributed by atoms with Crippen molar-refractivity contribution in [2.75, 3.05) is 0 Å². The summed E-state index contributed by atoms with van der Waals surface area (Å²) in [7, 11) is 0. The molecule has 1 atom stereocenters. The highest BCUT2D eigenvalue weighted by Crippen LogP contribution is 2.26. The molecule has 1 amide bonds. The number of hydrazone groups is 1. The average Bonchev–Trinajstić information content (AvgIpc) is 2.80. The van der Waals surface area contributed by atoms with E-state index < -0.39 is 22.9 Å². The van der Waals surface area contributed by atoms with Gasteiger partial charge in [0.15, 0.2) is 11.9 Å². The number of nitro benzene ring substituents is 1. The van der Waals surface area contributed by atoms with Gasteiger partial charge in [-0.2, -0.15) is 5.10 Å². The number of amides is 1. The van der Waals surface area contributed by atoms with Gasteiger partial charge in [0.25, 0.3) is 5.91 Å². The highest BCUT2D eigenvalue weighted by molar-refractivity contribution is 6.30. The van der Waals surface area contributed by atoms with E-state index in [4.69, 9.17) is 21.1 Å². The van der Waals surface area contributed by atoms with Gasteiger partial charge >= 0.3 is 11.7 Å². The molecular weight excluding hydrogens is 450 g/mol. The Kier molecular flexibility index (Phi) is 7.72. The lowest BCUT2D eigenvalue weighted by Crippen LogP contribution is -2.33. The van der Waals surface area contributed by atoms with Gasteiger partial charge in [-0.1, -0.05) is 35.9 Å². The molecule has 3 aromatic rings. The number of nitrogens with zero attached hydrogens (tertiary/aromatic N) is 2. The van der Waals surface area contributed by atoms with Crippen LogP contribution in [0.3, 0.4) is 0 Å². The molecule has 10 heteroatoms. The Morgan fingerprint density at radius 1 is 1.03 bits per heavy atom. The summed E-state index contributed by atoms with van der Waals surface area (Å²) in [6.45, 7) is 1.43.